The first-order valence-electron chi connectivity index (χ1n) is 7.96. The highest BCUT2D eigenvalue weighted by Gasteiger charge is 2.30. The van der Waals surface area contributed by atoms with Crippen molar-refractivity contribution in [3.8, 4) is 0 Å². The Kier molecular flexibility index (Phi) is 5.96. The van der Waals surface area contributed by atoms with Gasteiger partial charge in [0.25, 0.3) is 0 Å². The number of carbonyl (C=O) groups excluding carboxylic acids is 1. The van der Waals surface area contributed by atoms with E-state index in [4.69, 9.17) is 0 Å². The fraction of sp³-hybridized carbons (Fsp3) is 0.421. The van der Waals surface area contributed by atoms with Gasteiger partial charge in [0.05, 0.1) is 6.04 Å². The molecule has 1 amide bonds. The van der Waals surface area contributed by atoms with Gasteiger partial charge in [0.15, 0.2) is 0 Å². The highest BCUT2D eigenvalue weighted by Crippen LogP contribution is 2.18. The van der Waals surface area contributed by atoms with Crippen LogP contribution < -0.4 is 0 Å². The van der Waals surface area contributed by atoms with Crippen LogP contribution in [0.1, 0.15) is 18.9 Å². The van der Waals surface area contributed by atoms with Crippen molar-refractivity contribution in [1.82, 2.24) is 9.80 Å². The van der Waals surface area contributed by atoms with E-state index in [1.54, 1.807) is 0 Å². The zero-order valence-electron chi connectivity index (χ0n) is 13.4. The van der Waals surface area contributed by atoms with Crippen LogP contribution in [0.5, 0.6) is 0 Å². The van der Waals surface area contributed by atoms with Crippen molar-refractivity contribution in [3.05, 3.63) is 61.2 Å². The molecule has 0 radical (unpaired) electrons. The van der Waals surface area contributed by atoms with Crippen LogP contribution in [-0.4, -0.2) is 41.4 Å². The molecule has 1 aromatic carbocycles. The van der Waals surface area contributed by atoms with Crippen molar-refractivity contribution in [2.24, 2.45) is 5.92 Å². The second-order valence-electron chi connectivity index (χ2n) is 5.98. The van der Waals surface area contributed by atoms with Crippen LogP contribution in [0.25, 0.3) is 0 Å². The first kappa shape index (κ1) is 16.5. The van der Waals surface area contributed by atoms with Gasteiger partial charge in [-0.1, -0.05) is 49.4 Å². The SMILES string of the molecule is C=CCC(C)C(=O)N1CCN(Cc2ccccc2)CC1C=C. The van der Waals surface area contributed by atoms with E-state index in [2.05, 4.69) is 42.3 Å². The number of piperazine rings is 1. The standard InChI is InChI=1S/C19H26N2O/c1-4-9-16(3)19(22)21-13-12-20(15-18(21)5-2)14-17-10-7-6-8-11-17/h4-8,10-11,16,18H,1-2,9,12-15H2,3H3. The quantitative estimate of drug-likeness (QED) is 0.754. The Labute approximate surface area is 133 Å². The van der Waals surface area contributed by atoms with Crippen molar-refractivity contribution in [2.45, 2.75) is 25.9 Å². The molecule has 1 heterocycles. The minimum Gasteiger partial charge on any atom is -0.333 e. The Balaban J connectivity index is 1.97. The van der Waals surface area contributed by atoms with E-state index in [-0.39, 0.29) is 17.9 Å². The van der Waals surface area contributed by atoms with Gasteiger partial charge in [0.1, 0.15) is 0 Å². The molecule has 22 heavy (non-hydrogen) atoms. The highest BCUT2D eigenvalue weighted by molar-refractivity contribution is 5.79. The molecule has 118 valence electrons. The maximum absolute atomic E-state index is 12.5. The van der Waals surface area contributed by atoms with Crippen LogP contribution in [-0.2, 0) is 11.3 Å². The van der Waals surface area contributed by atoms with Gasteiger partial charge < -0.3 is 4.90 Å². The number of benzene rings is 1. The number of hydrogen-bond acceptors (Lipinski definition) is 2. The average molecular weight is 298 g/mol. The predicted octanol–water partition coefficient (Wildman–Crippen LogP) is 3.10. The Morgan fingerprint density at radius 2 is 2.05 bits per heavy atom. The van der Waals surface area contributed by atoms with E-state index in [1.165, 1.54) is 5.56 Å². The van der Waals surface area contributed by atoms with Crippen molar-refractivity contribution in [1.29, 1.82) is 0 Å². The molecule has 0 spiro atoms. The molecule has 0 N–H and O–H groups in total. The lowest BCUT2D eigenvalue weighted by atomic mass is 10.0. The summed E-state index contributed by atoms with van der Waals surface area (Å²) in [5.74, 6) is 0.213. The molecule has 3 nitrogen and oxygen atoms in total. The third kappa shape index (κ3) is 4.08. The number of amides is 1. The fourth-order valence-corrected chi connectivity index (χ4v) is 2.96. The van der Waals surface area contributed by atoms with Crippen molar-refractivity contribution in [3.63, 3.8) is 0 Å². The number of carbonyl (C=O) groups is 1. The Morgan fingerprint density at radius 3 is 2.68 bits per heavy atom. The largest absolute Gasteiger partial charge is 0.333 e. The molecule has 1 saturated heterocycles. The maximum Gasteiger partial charge on any atom is 0.226 e. The molecule has 2 atom stereocenters. The summed E-state index contributed by atoms with van der Waals surface area (Å²) in [6.45, 7) is 13.1. The molecule has 0 aliphatic carbocycles. The lowest BCUT2D eigenvalue weighted by Crippen LogP contribution is -2.55. The summed E-state index contributed by atoms with van der Waals surface area (Å²) < 4.78 is 0. The summed E-state index contributed by atoms with van der Waals surface area (Å²) in [5.41, 5.74) is 1.31. The summed E-state index contributed by atoms with van der Waals surface area (Å²) >= 11 is 0. The molecule has 0 bridgehead atoms. The molecule has 2 unspecified atom stereocenters. The van der Waals surface area contributed by atoms with Gasteiger partial charge in [0, 0.05) is 32.1 Å². The zero-order valence-corrected chi connectivity index (χ0v) is 13.4. The Hall–Kier alpha value is -1.87. The first-order valence-corrected chi connectivity index (χ1v) is 7.96. The summed E-state index contributed by atoms with van der Waals surface area (Å²) in [7, 11) is 0. The van der Waals surface area contributed by atoms with Gasteiger partial charge in [-0.25, -0.2) is 0 Å². The van der Waals surface area contributed by atoms with E-state index >= 15 is 0 Å². The summed E-state index contributed by atoms with van der Waals surface area (Å²) in [4.78, 5) is 16.9. The fourth-order valence-electron chi connectivity index (χ4n) is 2.96. The number of allylic oxidation sites excluding steroid dienone is 1. The van der Waals surface area contributed by atoms with Gasteiger partial charge in [-0.2, -0.15) is 0 Å². The van der Waals surface area contributed by atoms with Crippen molar-refractivity contribution >= 4 is 5.91 Å². The normalized spacial score (nSPS) is 20.4. The van der Waals surface area contributed by atoms with Crippen molar-refractivity contribution < 1.29 is 4.79 Å². The molecule has 1 aliphatic rings. The van der Waals surface area contributed by atoms with E-state index in [9.17, 15) is 4.79 Å². The molecule has 3 heteroatoms. The number of hydrogen-bond donors (Lipinski definition) is 0. The lowest BCUT2D eigenvalue weighted by molar-refractivity contribution is -0.138. The minimum absolute atomic E-state index is 0.000577. The third-order valence-electron chi connectivity index (χ3n) is 4.25. The van der Waals surface area contributed by atoms with Gasteiger partial charge in [-0.15, -0.1) is 13.2 Å². The van der Waals surface area contributed by atoms with Crippen LogP contribution >= 0.6 is 0 Å². The third-order valence-corrected chi connectivity index (χ3v) is 4.25. The van der Waals surface area contributed by atoms with E-state index in [1.807, 2.05) is 30.0 Å². The molecule has 1 fully saturated rings. The monoisotopic (exact) mass is 298 g/mol. The number of rotatable bonds is 6. The molecular weight excluding hydrogens is 272 g/mol. The van der Waals surface area contributed by atoms with Gasteiger partial charge in [-0.05, 0) is 12.0 Å². The van der Waals surface area contributed by atoms with Crippen LogP contribution in [0.15, 0.2) is 55.6 Å². The van der Waals surface area contributed by atoms with Crippen LogP contribution in [0, 0.1) is 5.92 Å². The predicted molar refractivity (Wildman–Crippen MR) is 91.4 cm³/mol. The van der Waals surface area contributed by atoms with Gasteiger partial charge in [-0.3, -0.25) is 9.69 Å². The summed E-state index contributed by atoms with van der Waals surface area (Å²) in [6, 6.07) is 10.6. The Bertz CT molecular complexity index is 511. The van der Waals surface area contributed by atoms with Crippen LogP contribution in [0.2, 0.25) is 0 Å². The van der Waals surface area contributed by atoms with Crippen molar-refractivity contribution in [2.75, 3.05) is 19.6 Å². The molecule has 0 saturated carbocycles. The van der Waals surface area contributed by atoms with E-state index < -0.39 is 0 Å². The minimum atomic E-state index is 0.000577. The average Bonchev–Trinajstić information content (AvgIpc) is 2.55. The van der Waals surface area contributed by atoms with E-state index in [0.29, 0.717) is 0 Å². The number of nitrogens with zero attached hydrogens (tertiary/aromatic N) is 2. The topological polar surface area (TPSA) is 23.6 Å². The smallest absolute Gasteiger partial charge is 0.226 e. The Morgan fingerprint density at radius 1 is 1.32 bits per heavy atom. The van der Waals surface area contributed by atoms with Gasteiger partial charge >= 0.3 is 0 Å². The van der Waals surface area contributed by atoms with Crippen LogP contribution in [0.3, 0.4) is 0 Å². The molecule has 0 aromatic heterocycles. The first-order chi connectivity index (χ1) is 10.7. The second kappa shape index (κ2) is 7.95. The van der Waals surface area contributed by atoms with E-state index in [0.717, 1.165) is 32.6 Å². The molecule has 2 rings (SSSR count). The molecule has 1 aliphatic heterocycles. The molecular formula is C19H26N2O. The summed E-state index contributed by atoms with van der Waals surface area (Å²) in [6.07, 6.45) is 4.44. The van der Waals surface area contributed by atoms with Gasteiger partial charge in [0.2, 0.25) is 5.91 Å². The summed E-state index contributed by atoms with van der Waals surface area (Å²) in [5, 5.41) is 0. The maximum atomic E-state index is 12.5. The lowest BCUT2D eigenvalue weighted by Gasteiger charge is -2.41. The zero-order chi connectivity index (χ0) is 15.9. The molecule has 1 aromatic rings. The highest BCUT2D eigenvalue weighted by atomic mass is 16.2. The second-order valence-corrected chi connectivity index (χ2v) is 5.98. The van der Waals surface area contributed by atoms with Crippen LogP contribution in [0.4, 0.5) is 0 Å².